The van der Waals surface area contributed by atoms with Gasteiger partial charge in [0.15, 0.2) is 0 Å². The van der Waals surface area contributed by atoms with Crippen LogP contribution in [0.25, 0.3) is 5.52 Å². The maximum atomic E-state index is 11.9. The molecule has 2 aromatic heterocycles. The highest BCUT2D eigenvalue weighted by molar-refractivity contribution is 5.78. The molecule has 0 aliphatic heterocycles. The second kappa shape index (κ2) is 7.10. The van der Waals surface area contributed by atoms with Crippen LogP contribution >= 0.6 is 0 Å². The molecule has 0 radical (unpaired) electrons. The summed E-state index contributed by atoms with van der Waals surface area (Å²) in [5.41, 5.74) is 2.54. The molecule has 0 spiro atoms. The van der Waals surface area contributed by atoms with Crippen LogP contribution in [0, 0.1) is 11.3 Å². The van der Waals surface area contributed by atoms with Crippen LogP contribution in [0.3, 0.4) is 0 Å². The van der Waals surface area contributed by atoms with Crippen molar-refractivity contribution in [1.82, 2.24) is 14.6 Å². The molecule has 0 atom stereocenters. The fourth-order valence-electron chi connectivity index (χ4n) is 2.52. The minimum Gasteiger partial charge on any atom is -0.353 e. The summed E-state index contributed by atoms with van der Waals surface area (Å²) in [6.45, 7) is 7.59. The fourth-order valence-corrected chi connectivity index (χ4v) is 2.52. The minimum absolute atomic E-state index is 0.0131. The maximum Gasteiger partial charge on any atom is 0.234 e. The Morgan fingerprint density at radius 3 is 2.86 bits per heavy atom. The van der Waals surface area contributed by atoms with E-state index in [9.17, 15) is 10.1 Å². The zero-order valence-corrected chi connectivity index (χ0v) is 13.3. The number of hydrogen-bond donors (Lipinski definition) is 1. The minimum atomic E-state index is 0.0131. The van der Waals surface area contributed by atoms with Crippen LogP contribution in [0.4, 0.5) is 0 Å². The predicted octanol–water partition coefficient (Wildman–Crippen LogP) is 2.16. The van der Waals surface area contributed by atoms with E-state index in [1.54, 1.807) is 0 Å². The molecule has 0 aromatic carbocycles. The molecule has 5 heteroatoms. The van der Waals surface area contributed by atoms with Crippen molar-refractivity contribution in [2.24, 2.45) is 0 Å². The van der Waals surface area contributed by atoms with Crippen molar-refractivity contribution in [3.8, 4) is 6.07 Å². The standard InChI is InChI=1S/C17H22N4O/c1-4-20(12-17(22)19-13(2)3)10-14-11-21-8-6-5-7-16(21)15(14)9-18/h5-8,11,13H,4,10,12H2,1-3H3,(H,19,22). The molecule has 116 valence electrons. The summed E-state index contributed by atoms with van der Waals surface area (Å²) >= 11 is 0. The topological polar surface area (TPSA) is 60.5 Å². The molecule has 1 N–H and O–H groups in total. The molecule has 0 saturated heterocycles. The molecular formula is C17H22N4O. The van der Waals surface area contributed by atoms with E-state index in [4.69, 9.17) is 0 Å². The molecule has 2 rings (SSSR count). The summed E-state index contributed by atoms with van der Waals surface area (Å²) in [5, 5.41) is 12.3. The van der Waals surface area contributed by atoms with E-state index < -0.39 is 0 Å². The van der Waals surface area contributed by atoms with Gasteiger partial charge in [0.2, 0.25) is 5.91 Å². The number of nitrogens with one attached hydrogen (secondary N) is 1. The number of carbonyl (C=O) groups excluding carboxylic acids is 1. The highest BCUT2D eigenvalue weighted by Crippen LogP contribution is 2.19. The van der Waals surface area contributed by atoms with Crippen molar-refractivity contribution < 1.29 is 4.79 Å². The van der Waals surface area contributed by atoms with Crippen molar-refractivity contribution in [2.45, 2.75) is 33.4 Å². The molecule has 0 unspecified atom stereocenters. The van der Waals surface area contributed by atoms with Crippen molar-refractivity contribution in [2.75, 3.05) is 13.1 Å². The van der Waals surface area contributed by atoms with Gasteiger partial charge in [-0.3, -0.25) is 9.69 Å². The molecule has 2 heterocycles. The lowest BCUT2D eigenvalue weighted by Crippen LogP contribution is -2.39. The number of carbonyl (C=O) groups is 1. The molecule has 0 aliphatic carbocycles. The molecule has 0 aliphatic rings. The smallest absolute Gasteiger partial charge is 0.234 e. The van der Waals surface area contributed by atoms with Crippen molar-refractivity contribution >= 4 is 11.4 Å². The lowest BCUT2D eigenvalue weighted by molar-refractivity contribution is -0.122. The molecule has 0 saturated carbocycles. The van der Waals surface area contributed by atoms with Gasteiger partial charge in [-0.25, -0.2) is 0 Å². The number of pyridine rings is 1. The van der Waals surface area contributed by atoms with Gasteiger partial charge in [0.05, 0.1) is 17.6 Å². The number of nitrogens with zero attached hydrogens (tertiary/aromatic N) is 3. The second-order valence-electron chi connectivity index (χ2n) is 5.66. The van der Waals surface area contributed by atoms with Crippen LogP contribution in [-0.2, 0) is 11.3 Å². The number of amides is 1. The van der Waals surface area contributed by atoms with Crippen molar-refractivity contribution in [1.29, 1.82) is 5.26 Å². The Hall–Kier alpha value is -2.32. The van der Waals surface area contributed by atoms with Gasteiger partial charge in [-0.05, 0) is 32.5 Å². The van der Waals surface area contributed by atoms with E-state index in [-0.39, 0.29) is 11.9 Å². The van der Waals surface area contributed by atoms with Crippen LogP contribution < -0.4 is 5.32 Å². The van der Waals surface area contributed by atoms with Crippen LogP contribution in [0.5, 0.6) is 0 Å². The maximum absolute atomic E-state index is 11.9. The monoisotopic (exact) mass is 298 g/mol. The van der Waals surface area contributed by atoms with Gasteiger partial charge in [0.1, 0.15) is 6.07 Å². The number of nitriles is 1. The summed E-state index contributed by atoms with van der Waals surface area (Å²) < 4.78 is 1.95. The van der Waals surface area contributed by atoms with E-state index in [0.29, 0.717) is 18.7 Å². The number of fused-ring (bicyclic) bond motifs is 1. The zero-order chi connectivity index (χ0) is 16.1. The SMILES string of the molecule is CCN(CC(=O)NC(C)C)Cc1cn2ccccc2c1C#N. The normalized spacial score (nSPS) is 11.1. The van der Waals surface area contributed by atoms with Crippen molar-refractivity contribution in [3.05, 3.63) is 41.7 Å². The van der Waals surface area contributed by atoms with E-state index in [1.807, 2.05) is 60.7 Å². The van der Waals surface area contributed by atoms with Gasteiger partial charge in [-0.15, -0.1) is 0 Å². The lowest BCUT2D eigenvalue weighted by Gasteiger charge is -2.20. The average molecular weight is 298 g/mol. The molecule has 2 aromatic rings. The predicted molar refractivity (Wildman–Crippen MR) is 86.3 cm³/mol. The highest BCUT2D eigenvalue weighted by Gasteiger charge is 2.15. The van der Waals surface area contributed by atoms with Gasteiger partial charge in [0, 0.05) is 30.5 Å². The Labute approximate surface area is 131 Å². The Kier molecular flexibility index (Phi) is 5.18. The van der Waals surface area contributed by atoms with E-state index in [0.717, 1.165) is 17.6 Å². The van der Waals surface area contributed by atoms with E-state index in [2.05, 4.69) is 11.4 Å². The van der Waals surface area contributed by atoms with Gasteiger partial charge < -0.3 is 9.72 Å². The lowest BCUT2D eigenvalue weighted by atomic mass is 10.1. The molecule has 5 nitrogen and oxygen atoms in total. The third-order valence-corrected chi connectivity index (χ3v) is 3.53. The quantitative estimate of drug-likeness (QED) is 0.889. The molecular weight excluding hydrogens is 276 g/mol. The number of likely N-dealkylation sites (N-methyl/N-ethyl adjacent to an activating group) is 1. The molecule has 0 bridgehead atoms. The van der Waals surface area contributed by atoms with Gasteiger partial charge in [-0.2, -0.15) is 5.26 Å². The zero-order valence-electron chi connectivity index (χ0n) is 13.3. The molecule has 22 heavy (non-hydrogen) atoms. The number of aromatic nitrogens is 1. The average Bonchev–Trinajstić information content (AvgIpc) is 2.82. The highest BCUT2D eigenvalue weighted by atomic mass is 16.2. The third-order valence-electron chi connectivity index (χ3n) is 3.53. The Morgan fingerprint density at radius 1 is 1.45 bits per heavy atom. The Balaban J connectivity index is 2.18. The van der Waals surface area contributed by atoms with Gasteiger partial charge in [-0.1, -0.05) is 13.0 Å². The first-order valence-electron chi connectivity index (χ1n) is 7.55. The largest absolute Gasteiger partial charge is 0.353 e. The summed E-state index contributed by atoms with van der Waals surface area (Å²) in [6.07, 6.45) is 3.90. The molecule has 1 amide bonds. The van der Waals surface area contributed by atoms with E-state index >= 15 is 0 Å². The van der Waals surface area contributed by atoms with Crippen LogP contribution in [0.2, 0.25) is 0 Å². The fraction of sp³-hybridized carbons (Fsp3) is 0.412. The van der Waals surface area contributed by atoms with Gasteiger partial charge in [0.25, 0.3) is 0 Å². The summed E-state index contributed by atoms with van der Waals surface area (Å²) in [4.78, 5) is 14.0. The van der Waals surface area contributed by atoms with Crippen LogP contribution in [0.15, 0.2) is 30.6 Å². The first-order valence-corrected chi connectivity index (χ1v) is 7.55. The first kappa shape index (κ1) is 16.1. The summed E-state index contributed by atoms with van der Waals surface area (Å²) in [5.74, 6) is 0.0131. The second-order valence-corrected chi connectivity index (χ2v) is 5.66. The third kappa shape index (κ3) is 3.66. The van der Waals surface area contributed by atoms with Gasteiger partial charge >= 0.3 is 0 Å². The summed E-state index contributed by atoms with van der Waals surface area (Å²) in [7, 11) is 0. The summed E-state index contributed by atoms with van der Waals surface area (Å²) in [6, 6.07) is 8.22. The molecule has 0 fully saturated rings. The Bertz CT molecular complexity index is 696. The number of hydrogen-bond acceptors (Lipinski definition) is 3. The van der Waals surface area contributed by atoms with Crippen molar-refractivity contribution in [3.63, 3.8) is 0 Å². The van der Waals surface area contributed by atoms with E-state index in [1.165, 1.54) is 0 Å². The first-order chi connectivity index (χ1) is 10.5. The Morgan fingerprint density at radius 2 is 2.23 bits per heavy atom. The number of rotatable bonds is 6. The van der Waals surface area contributed by atoms with Crippen LogP contribution in [0.1, 0.15) is 31.9 Å². The van der Waals surface area contributed by atoms with Crippen LogP contribution in [-0.4, -0.2) is 34.3 Å².